The predicted octanol–water partition coefficient (Wildman–Crippen LogP) is 1.87. The van der Waals surface area contributed by atoms with Crippen molar-refractivity contribution < 1.29 is 12.9 Å². The van der Waals surface area contributed by atoms with Gasteiger partial charge in [0.15, 0.2) is 15.7 Å². The Bertz CT molecular complexity index is 763. The minimum Gasteiger partial charge on any atom is -0.334 e. The molecule has 1 fully saturated rings. The van der Waals surface area contributed by atoms with Gasteiger partial charge in [0, 0.05) is 0 Å². The molecule has 0 unspecified atom stereocenters. The topological polar surface area (TPSA) is 99.1 Å². The quantitative estimate of drug-likeness (QED) is 0.925. The van der Waals surface area contributed by atoms with Gasteiger partial charge >= 0.3 is 0 Å². The van der Waals surface area contributed by atoms with Gasteiger partial charge in [0.2, 0.25) is 0 Å². The van der Waals surface area contributed by atoms with E-state index in [4.69, 9.17) is 10.3 Å². The van der Waals surface area contributed by atoms with Crippen molar-refractivity contribution in [2.45, 2.75) is 36.6 Å². The second-order valence-corrected chi connectivity index (χ2v) is 7.58. The fourth-order valence-electron chi connectivity index (χ4n) is 2.39. The summed E-state index contributed by atoms with van der Waals surface area (Å²) in [7, 11) is -3.35. The molecular formula is C14H17N3O3S. The van der Waals surface area contributed by atoms with E-state index in [0.29, 0.717) is 11.4 Å². The zero-order valence-corrected chi connectivity index (χ0v) is 12.6. The lowest BCUT2D eigenvalue weighted by Gasteiger charge is -2.34. The standard InChI is InChI=1S/C14H17N3O3S/c1-2-21(18,19)11-7-4-3-6-10(11)12-16-13(17-20-12)14(15)8-5-9-14/h3-4,6-7H,2,5,8-9,15H2,1H3. The molecule has 0 amide bonds. The molecule has 6 nitrogen and oxygen atoms in total. The van der Waals surface area contributed by atoms with Crippen LogP contribution in [0.2, 0.25) is 0 Å². The molecule has 2 aromatic rings. The largest absolute Gasteiger partial charge is 0.334 e. The maximum atomic E-state index is 12.2. The molecule has 1 aromatic heterocycles. The summed E-state index contributed by atoms with van der Waals surface area (Å²) in [5.74, 6) is 0.674. The minimum atomic E-state index is -3.35. The summed E-state index contributed by atoms with van der Waals surface area (Å²) < 4.78 is 29.6. The lowest BCUT2D eigenvalue weighted by atomic mass is 9.77. The lowest BCUT2D eigenvalue weighted by molar-refractivity contribution is 0.229. The molecule has 0 atom stereocenters. The van der Waals surface area contributed by atoms with Crippen molar-refractivity contribution in [1.29, 1.82) is 0 Å². The molecule has 1 aliphatic rings. The molecule has 2 N–H and O–H groups in total. The molecule has 0 aliphatic heterocycles. The van der Waals surface area contributed by atoms with E-state index in [0.717, 1.165) is 19.3 Å². The summed E-state index contributed by atoms with van der Waals surface area (Å²) in [5.41, 5.74) is 6.07. The van der Waals surface area contributed by atoms with Crippen LogP contribution in [-0.4, -0.2) is 24.3 Å². The van der Waals surface area contributed by atoms with Gasteiger partial charge in [-0.05, 0) is 31.4 Å². The number of aromatic nitrogens is 2. The number of benzene rings is 1. The van der Waals surface area contributed by atoms with Crippen LogP contribution < -0.4 is 5.73 Å². The highest BCUT2D eigenvalue weighted by Gasteiger charge is 2.39. The Morgan fingerprint density at radius 2 is 2.05 bits per heavy atom. The van der Waals surface area contributed by atoms with Gasteiger partial charge < -0.3 is 10.3 Å². The molecule has 112 valence electrons. The molecule has 1 saturated carbocycles. The zero-order valence-electron chi connectivity index (χ0n) is 11.7. The average molecular weight is 307 g/mol. The zero-order chi connectivity index (χ0) is 15.1. The van der Waals surface area contributed by atoms with Crippen molar-refractivity contribution in [2.75, 3.05) is 5.75 Å². The SMILES string of the molecule is CCS(=O)(=O)c1ccccc1-c1nc(C2(N)CCC2)no1. The molecule has 3 rings (SSSR count). The van der Waals surface area contributed by atoms with Gasteiger partial charge in [-0.1, -0.05) is 24.2 Å². The smallest absolute Gasteiger partial charge is 0.259 e. The third kappa shape index (κ3) is 2.36. The molecule has 7 heteroatoms. The molecule has 0 bridgehead atoms. The van der Waals surface area contributed by atoms with Crippen LogP contribution in [0.5, 0.6) is 0 Å². The van der Waals surface area contributed by atoms with E-state index in [1.807, 2.05) is 0 Å². The highest BCUT2D eigenvalue weighted by molar-refractivity contribution is 7.91. The van der Waals surface area contributed by atoms with Crippen molar-refractivity contribution in [2.24, 2.45) is 5.73 Å². The highest BCUT2D eigenvalue weighted by Crippen LogP contribution is 2.38. The highest BCUT2D eigenvalue weighted by atomic mass is 32.2. The van der Waals surface area contributed by atoms with Gasteiger partial charge in [-0.2, -0.15) is 4.98 Å². The second-order valence-electron chi connectivity index (χ2n) is 5.33. The maximum Gasteiger partial charge on any atom is 0.259 e. The lowest BCUT2D eigenvalue weighted by Crippen LogP contribution is -2.44. The number of nitrogens with two attached hydrogens (primary N) is 1. The van der Waals surface area contributed by atoms with E-state index >= 15 is 0 Å². The molecule has 21 heavy (non-hydrogen) atoms. The van der Waals surface area contributed by atoms with E-state index < -0.39 is 15.4 Å². The van der Waals surface area contributed by atoms with Gasteiger partial charge in [0.05, 0.1) is 21.8 Å². The molecule has 1 aromatic carbocycles. The normalized spacial score (nSPS) is 17.4. The molecule has 0 saturated heterocycles. The number of nitrogens with zero attached hydrogens (tertiary/aromatic N) is 2. The van der Waals surface area contributed by atoms with E-state index in [9.17, 15) is 8.42 Å². The van der Waals surface area contributed by atoms with Gasteiger partial charge in [-0.15, -0.1) is 0 Å². The maximum absolute atomic E-state index is 12.2. The third-order valence-electron chi connectivity index (χ3n) is 3.95. The molecule has 0 radical (unpaired) electrons. The van der Waals surface area contributed by atoms with Crippen LogP contribution in [0.3, 0.4) is 0 Å². The average Bonchev–Trinajstić information content (AvgIpc) is 2.95. The number of sulfone groups is 1. The molecule has 1 heterocycles. The number of hydrogen-bond acceptors (Lipinski definition) is 6. The van der Waals surface area contributed by atoms with Gasteiger partial charge in [0.1, 0.15) is 0 Å². The van der Waals surface area contributed by atoms with Crippen LogP contribution in [-0.2, 0) is 15.4 Å². The van der Waals surface area contributed by atoms with Crippen molar-refractivity contribution in [3.05, 3.63) is 30.1 Å². The van der Waals surface area contributed by atoms with Crippen molar-refractivity contribution in [3.8, 4) is 11.5 Å². The Labute approximate surface area is 123 Å². The first-order valence-corrected chi connectivity index (χ1v) is 8.57. The summed E-state index contributed by atoms with van der Waals surface area (Å²) in [4.78, 5) is 4.53. The van der Waals surface area contributed by atoms with Gasteiger partial charge in [-0.25, -0.2) is 8.42 Å². The Hall–Kier alpha value is -1.73. The summed E-state index contributed by atoms with van der Waals surface area (Å²) in [6.45, 7) is 1.61. The van der Waals surface area contributed by atoms with Gasteiger partial charge in [0.25, 0.3) is 5.89 Å². The van der Waals surface area contributed by atoms with Crippen LogP contribution in [0.1, 0.15) is 32.0 Å². The van der Waals surface area contributed by atoms with E-state index in [1.54, 1.807) is 31.2 Å². The van der Waals surface area contributed by atoms with Crippen LogP contribution in [0.4, 0.5) is 0 Å². The van der Waals surface area contributed by atoms with Crippen LogP contribution in [0.25, 0.3) is 11.5 Å². The number of rotatable bonds is 4. The first-order valence-electron chi connectivity index (χ1n) is 6.91. The van der Waals surface area contributed by atoms with E-state index in [1.165, 1.54) is 0 Å². The Morgan fingerprint density at radius 1 is 1.33 bits per heavy atom. The monoisotopic (exact) mass is 307 g/mol. The van der Waals surface area contributed by atoms with Crippen LogP contribution in [0.15, 0.2) is 33.7 Å². The van der Waals surface area contributed by atoms with Crippen molar-refractivity contribution in [1.82, 2.24) is 10.1 Å². The van der Waals surface area contributed by atoms with E-state index in [-0.39, 0.29) is 16.5 Å². The Kier molecular flexibility index (Phi) is 3.33. The second kappa shape index (κ2) is 4.92. The fraction of sp³-hybridized carbons (Fsp3) is 0.429. The summed E-state index contributed by atoms with van der Waals surface area (Å²) in [6.07, 6.45) is 2.68. The van der Waals surface area contributed by atoms with Crippen LogP contribution >= 0.6 is 0 Å². The molecule has 1 aliphatic carbocycles. The molecular weight excluding hydrogens is 290 g/mol. The predicted molar refractivity (Wildman–Crippen MR) is 77.2 cm³/mol. The third-order valence-corrected chi connectivity index (χ3v) is 5.74. The van der Waals surface area contributed by atoms with E-state index in [2.05, 4.69) is 10.1 Å². The Balaban J connectivity index is 2.06. The van der Waals surface area contributed by atoms with Crippen LogP contribution in [0, 0.1) is 0 Å². The first kappa shape index (κ1) is 14.2. The van der Waals surface area contributed by atoms with Crippen molar-refractivity contribution in [3.63, 3.8) is 0 Å². The fourth-order valence-corrected chi connectivity index (χ4v) is 3.47. The Morgan fingerprint density at radius 3 is 2.67 bits per heavy atom. The van der Waals surface area contributed by atoms with Crippen molar-refractivity contribution >= 4 is 9.84 Å². The minimum absolute atomic E-state index is 0.0197. The summed E-state index contributed by atoms with van der Waals surface area (Å²) in [6, 6.07) is 6.65. The first-order chi connectivity index (χ1) is 9.96. The molecule has 0 spiro atoms. The van der Waals surface area contributed by atoms with Gasteiger partial charge in [-0.3, -0.25) is 0 Å². The number of hydrogen-bond donors (Lipinski definition) is 1. The summed E-state index contributed by atoms with van der Waals surface area (Å²) in [5, 5.41) is 3.93. The summed E-state index contributed by atoms with van der Waals surface area (Å²) >= 11 is 0.